The summed E-state index contributed by atoms with van der Waals surface area (Å²) in [4.78, 5) is 38.3. The molecule has 0 aromatic rings. The van der Waals surface area contributed by atoms with Crippen molar-refractivity contribution >= 4 is 40.7 Å². The Labute approximate surface area is 99.8 Å². The zero-order chi connectivity index (χ0) is 11.3. The van der Waals surface area contributed by atoms with Gasteiger partial charge in [-0.25, -0.2) is 0 Å². The van der Waals surface area contributed by atoms with Gasteiger partial charge in [0.05, 0.1) is 0 Å². The van der Waals surface area contributed by atoms with Crippen molar-refractivity contribution in [3.63, 3.8) is 0 Å². The Morgan fingerprint density at radius 1 is 1.33 bits per heavy atom. The number of hydrogen-bond donors (Lipinski definition) is 0. The van der Waals surface area contributed by atoms with Crippen LogP contribution in [0.5, 0.6) is 0 Å². The molecule has 0 spiro atoms. The molecule has 0 aromatic carbocycles. The van der Waals surface area contributed by atoms with Crippen LogP contribution in [-0.2, 0) is 22.5 Å². The Morgan fingerprint density at radius 2 is 1.93 bits per heavy atom. The van der Waals surface area contributed by atoms with E-state index in [-0.39, 0.29) is 24.8 Å². The van der Waals surface area contributed by atoms with Crippen LogP contribution in [0.1, 0.15) is 12.8 Å². The van der Waals surface area contributed by atoms with Gasteiger partial charge in [0.15, 0.2) is 0 Å². The molecule has 0 aliphatic carbocycles. The molecule has 1 heterocycles. The first-order valence-corrected chi connectivity index (χ1v) is 5.38. The molecule has 0 aromatic heterocycles. The summed E-state index contributed by atoms with van der Waals surface area (Å²) in [6.07, 6.45) is 2.90. The van der Waals surface area contributed by atoms with Gasteiger partial charge >= 0.3 is 99.7 Å². The number of hydrogen-bond acceptors (Lipinski definition) is 5. The van der Waals surface area contributed by atoms with Gasteiger partial charge in [0.2, 0.25) is 0 Å². The molecule has 0 unspecified atom stereocenters. The molecule has 0 saturated heterocycles. The predicted molar refractivity (Wildman–Crippen MR) is 48.0 cm³/mol. The van der Waals surface area contributed by atoms with E-state index in [1.165, 1.54) is 12.2 Å². The zero-order valence-electron chi connectivity index (χ0n) is 7.76. The first-order valence-electron chi connectivity index (χ1n) is 4.21. The van der Waals surface area contributed by atoms with E-state index in [0.29, 0.717) is 29.4 Å². The molecule has 15 heavy (non-hydrogen) atoms. The van der Waals surface area contributed by atoms with Crippen LogP contribution >= 0.6 is 0 Å². The molecule has 6 nitrogen and oxygen atoms in total. The van der Waals surface area contributed by atoms with Gasteiger partial charge in [-0.15, -0.1) is 0 Å². The van der Waals surface area contributed by atoms with E-state index in [1.807, 2.05) is 0 Å². The number of nitrogens with zero attached hydrogens (tertiary/aromatic N) is 1. The Balaban J connectivity index is 2.23. The van der Waals surface area contributed by atoms with E-state index in [0.717, 1.165) is 4.90 Å². The third-order valence-electron chi connectivity index (χ3n) is 1.80. The molecule has 0 atom stereocenters. The molecule has 1 rings (SSSR count). The van der Waals surface area contributed by atoms with Crippen LogP contribution in [-0.4, -0.2) is 52.2 Å². The van der Waals surface area contributed by atoms with Crippen molar-refractivity contribution in [3.8, 4) is 0 Å². The Morgan fingerprint density at radius 3 is 2.47 bits per heavy atom. The molecule has 0 N–H and O–H groups in total. The number of rotatable bonds is 5. The normalized spacial score (nSPS) is 14.9. The van der Waals surface area contributed by atoms with Crippen LogP contribution in [0.4, 0.5) is 0 Å². The summed E-state index contributed by atoms with van der Waals surface area (Å²) >= 11 is 0.644. The molecule has 0 saturated carbocycles. The van der Waals surface area contributed by atoms with Crippen molar-refractivity contribution in [2.45, 2.75) is 12.8 Å². The van der Waals surface area contributed by atoms with E-state index < -0.39 is 5.97 Å². The molecule has 79 valence electrons. The fourth-order valence-corrected chi connectivity index (χ4v) is 1.39. The molecular weight excluding hydrogens is 309 g/mol. The second-order valence-electron chi connectivity index (χ2n) is 2.80. The van der Waals surface area contributed by atoms with Crippen LogP contribution in [0.3, 0.4) is 0 Å². The van der Waals surface area contributed by atoms with Gasteiger partial charge < -0.3 is 0 Å². The zero-order valence-corrected chi connectivity index (χ0v) is 10.6. The summed E-state index contributed by atoms with van der Waals surface area (Å²) in [5.41, 5.74) is 0. The second-order valence-corrected chi connectivity index (χ2v) is 3.28. The summed E-state index contributed by atoms with van der Waals surface area (Å²) < 4.78 is 4.25. The molecule has 0 fully saturated rings. The predicted octanol–water partition coefficient (Wildman–Crippen LogP) is -0.750. The van der Waals surface area contributed by atoms with Crippen molar-refractivity contribution in [3.05, 3.63) is 12.2 Å². The van der Waals surface area contributed by atoms with E-state index in [4.69, 9.17) is 0 Å². The van der Waals surface area contributed by atoms with Crippen molar-refractivity contribution in [1.29, 1.82) is 0 Å². The van der Waals surface area contributed by atoms with E-state index >= 15 is 0 Å². The first-order chi connectivity index (χ1) is 7.15. The van der Waals surface area contributed by atoms with Crippen LogP contribution in [0.25, 0.3) is 0 Å². The average molecular weight is 317 g/mol. The monoisotopic (exact) mass is 318 g/mol. The number of carbonyl (C=O) groups excluding carboxylic acids is 3. The third-order valence-corrected chi connectivity index (χ3v) is 2.04. The number of carbonyl (C=O) groups is 3. The van der Waals surface area contributed by atoms with Crippen molar-refractivity contribution in [2.24, 2.45) is 0 Å². The first kappa shape index (κ1) is 12.2. The van der Waals surface area contributed by atoms with Crippen LogP contribution in [0, 0.1) is 0 Å². The molecule has 2 amide bonds. The second kappa shape index (κ2) is 5.86. The SMILES string of the molecule is O=C(CCCN1C(=O)C=CC1=O)O[O][Sn]. The molecular formula is C8H8NO5Sn. The van der Waals surface area contributed by atoms with E-state index in [9.17, 15) is 14.4 Å². The fraction of sp³-hybridized carbons (Fsp3) is 0.375. The summed E-state index contributed by atoms with van der Waals surface area (Å²) in [5.74, 6) is -1.19. The topological polar surface area (TPSA) is 72.9 Å². The van der Waals surface area contributed by atoms with Gasteiger partial charge in [0.25, 0.3) is 0 Å². The van der Waals surface area contributed by atoms with Crippen molar-refractivity contribution < 1.29 is 22.5 Å². The summed E-state index contributed by atoms with van der Waals surface area (Å²) in [6.45, 7) is 0.219. The molecule has 1 aliphatic rings. The van der Waals surface area contributed by atoms with Gasteiger partial charge in [0, 0.05) is 0 Å². The van der Waals surface area contributed by atoms with E-state index in [2.05, 4.69) is 8.11 Å². The Kier molecular flexibility index (Phi) is 4.76. The van der Waals surface area contributed by atoms with Gasteiger partial charge in [-0.05, 0) is 0 Å². The summed E-state index contributed by atoms with van der Waals surface area (Å²) in [7, 11) is 0. The standard InChI is InChI=1S/C8H9NO5.Sn/c10-6-3-4-7(11)9(6)5-1-2-8(12)14-13;/h3-4,13H,1-2,5H2;/q;+1/p-1. The van der Waals surface area contributed by atoms with Crippen molar-refractivity contribution in [1.82, 2.24) is 4.90 Å². The molecule has 0 bridgehead atoms. The molecule has 1 aliphatic heterocycles. The van der Waals surface area contributed by atoms with Gasteiger partial charge in [-0.3, -0.25) is 0 Å². The van der Waals surface area contributed by atoms with Gasteiger partial charge in [0.1, 0.15) is 0 Å². The molecule has 7 heteroatoms. The van der Waals surface area contributed by atoms with Crippen LogP contribution in [0.2, 0.25) is 0 Å². The van der Waals surface area contributed by atoms with Gasteiger partial charge in [-0.1, -0.05) is 0 Å². The average Bonchev–Trinajstić information content (AvgIpc) is 2.49. The van der Waals surface area contributed by atoms with E-state index in [1.54, 1.807) is 0 Å². The summed E-state index contributed by atoms with van der Waals surface area (Å²) in [5, 5.41) is 0. The molecule has 3 radical (unpaired) electrons. The maximum atomic E-state index is 11.1. The maximum absolute atomic E-state index is 11.1. The van der Waals surface area contributed by atoms with Crippen molar-refractivity contribution in [2.75, 3.05) is 6.54 Å². The van der Waals surface area contributed by atoms with Crippen LogP contribution < -0.4 is 0 Å². The quantitative estimate of drug-likeness (QED) is 0.289. The fourth-order valence-electron chi connectivity index (χ4n) is 1.12. The Hall–Kier alpha value is -0.891. The van der Waals surface area contributed by atoms with Crippen LogP contribution in [0.15, 0.2) is 12.2 Å². The number of imide groups is 1. The third kappa shape index (κ3) is 3.63. The minimum absolute atomic E-state index is 0.116. The minimum atomic E-state index is -0.501. The summed E-state index contributed by atoms with van der Waals surface area (Å²) in [6, 6.07) is 0. The Bertz CT molecular complexity index is 296. The van der Waals surface area contributed by atoms with Gasteiger partial charge in [-0.2, -0.15) is 0 Å². The number of amides is 2.